The highest BCUT2D eigenvalue weighted by Crippen LogP contribution is 2.29. The number of aryl methyl sites for hydroxylation is 1. The Bertz CT molecular complexity index is 611. The summed E-state index contributed by atoms with van der Waals surface area (Å²) in [5.74, 6) is 0.869. The van der Waals surface area contributed by atoms with Crippen molar-refractivity contribution in [1.82, 2.24) is 4.98 Å². The third kappa shape index (κ3) is 3.11. The molecule has 0 spiro atoms. The molecule has 0 aliphatic heterocycles. The van der Waals surface area contributed by atoms with E-state index in [2.05, 4.69) is 20.9 Å². The largest absolute Gasteiger partial charge is 0.389 e. The average molecular weight is 336 g/mol. The molecule has 2 aromatic rings. The van der Waals surface area contributed by atoms with Crippen LogP contribution in [0.5, 0.6) is 0 Å². The number of halogens is 1. The minimum atomic E-state index is 0.406. The molecule has 2 rings (SSSR count). The molecule has 0 saturated carbocycles. The zero-order valence-electron chi connectivity index (χ0n) is 10.7. The molecule has 0 radical (unpaired) electrons. The van der Waals surface area contributed by atoms with Gasteiger partial charge in [-0.2, -0.15) is 0 Å². The lowest BCUT2D eigenvalue weighted by Crippen LogP contribution is -2.13. The van der Waals surface area contributed by atoms with Gasteiger partial charge in [0.25, 0.3) is 0 Å². The monoisotopic (exact) mass is 335 g/mol. The summed E-state index contributed by atoms with van der Waals surface area (Å²) in [6, 6.07) is 9.82. The highest BCUT2D eigenvalue weighted by molar-refractivity contribution is 9.10. The maximum absolute atomic E-state index is 5.59. The molecule has 0 aliphatic rings. The van der Waals surface area contributed by atoms with Gasteiger partial charge in [0.05, 0.1) is 4.47 Å². The lowest BCUT2D eigenvalue weighted by Gasteiger charge is -2.20. The Morgan fingerprint density at radius 1 is 1.32 bits per heavy atom. The van der Waals surface area contributed by atoms with Crippen molar-refractivity contribution in [3.05, 3.63) is 52.1 Å². The van der Waals surface area contributed by atoms with Crippen molar-refractivity contribution < 1.29 is 0 Å². The standard InChI is InChI=1S/C14H14BrN3S/c1-9-7-12(15)14(17-8-9)18(2)11-5-3-10(4-6-11)13(16)19/h3-8H,1-2H3,(H2,16,19). The molecule has 0 bridgehead atoms. The van der Waals surface area contributed by atoms with Crippen LogP contribution in [0.15, 0.2) is 41.0 Å². The van der Waals surface area contributed by atoms with Gasteiger partial charge < -0.3 is 10.6 Å². The molecule has 0 fully saturated rings. The zero-order chi connectivity index (χ0) is 14.0. The van der Waals surface area contributed by atoms with Crippen LogP contribution in [0, 0.1) is 6.92 Å². The Labute approximate surface area is 126 Å². The molecule has 19 heavy (non-hydrogen) atoms. The Hall–Kier alpha value is -1.46. The molecule has 2 N–H and O–H groups in total. The molecular weight excluding hydrogens is 322 g/mol. The number of nitrogens with two attached hydrogens (primary N) is 1. The number of rotatable bonds is 3. The molecule has 5 heteroatoms. The molecule has 0 unspecified atom stereocenters. The van der Waals surface area contributed by atoms with E-state index in [9.17, 15) is 0 Å². The predicted octanol–water partition coefficient (Wildman–Crippen LogP) is 3.55. The van der Waals surface area contributed by atoms with E-state index in [0.717, 1.165) is 27.1 Å². The Morgan fingerprint density at radius 2 is 1.95 bits per heavy atom. The summed E-state index contributed by atoms with van der Waals surface area (Å²) in [4.78, 5) is 6.85. The van der Waals surface area contributed by atoms with Gasteiger partial charge in [-0.25, -0.2) is 4.98 Å². The van der Waals surface area contributed by atoms with Crippen LogP contribution in [-0.4, -0.2) is 17.0 Å². The first-order valence-electron chi connectivity index (χ1n) is 5.75. The first-order valence-corrected chi connectivity index (χ1v) is 6.95. The summed E-state index contributed by atoms with van der Waals surface area (Å²) < 4.78 is 0.966. The van der Waals surface area contributed by atoms with Gasteiger partial charge in [0.1, 0.15) is 10.8 Å². The Morgan fingerprint density at radius 3 is 2.47 bits per heavy atom. The van der Waals surface area contributed by atoms with E-state index >= 15 is 0 Å². The minimum Gasteiger partial charge on any atom is -0.389 e. The van der Waals surface area contributed by atoms with Crippen molar-refractivity contribution in [1.29, 1.82) is 0 Å². The van der Waals surface area contributed by atoms with Crippen LogP contribution in [0.4, 0.5) is 11.5 Å². The number of benzene rings is 1. The van der Waals surface area contributed by atoms with Crippen molar-refractivity contribution in [2.45, 2.75) is 6.92 Å². The fraction of sp³-hybridized carbons (Fsp3) is 0.143. The molecule has 3 nitrogen and oxygen atoms in total. The van der Waals surface area contributed by atoms with Crippen LogP contribution in [0.3, 0.4) is 0 Å². The molecule has 1 heterocycles. The molecular formula is C14H14BrN3S. The summed E-state index contributed by atoms with van der Waals surface area (Å²) >= 11 is 8.48. The van der Waals surface area contributed by atoms with Crippen molar-refractivity contribution in [2.24, 2.45) is 5.73 Å². The van der Waals surface area contributed by atoms with Gasteiger partial charge >= 0.3 is 0 Å². The van der Waals surface area contributed by atoms with Crippen LogP contribution in [0.1, 0.15) is 11.1 Å². The topological polar surface area (TPSA) is 42.2 Å². The second kappa shape index (κ2) is 5.67. The van der Waals surface area contributed by atoms with Crippen LogP contribution in [0.2, 0.25) is 0 Å². The quantitative estimate of drug-likeness (QED) is 0.871. The van der Waals surface area contributed by atoms with Gasteiger partial charge in [0.2, 0.25) is 0 Å². The lowest BCUT2D eigenvalue weighted by molar-refractivity contribution is 1.10. The Balaban J connectivity index is 2.33. The van der Waals surface area contributed by atoms with E-state index in [1.807, 2.05) is 55.4 Å². The fourth-order valence-corrected chi connectivity index (χ4v) is 2.61. The lowest BCUT2D eigenvalue weighted by atomic mass is 10.2. The molecule has 0 aliphatic carbocycles. The van der Waals surface area contributed by atoms with E-state index < -0.39 is 0 Å². The first kappa shape index (κ1) is 14.0. The highest BCUT2D eigenvalue weighted by atomic mass is 79.9. The SMILES string of the molecule is Cc1cnc(N(C)c2ccc(C(N)=S)cc2)c(Br)c1. The number of nitrogens with zero attached hydrogens (tertiary/aromatic N) is 2. The minimum absolute atomic E-state index is 0.406. The third-order valence-corrected chi connectivity index (χ3v) is 3.63. The van der Waals surface area contributed by atoms with Gasteiger partial charge in [0, 0.05) is 24.5 Å². The number of hydrogen-bond donors (Lipinski definition) is 1. The summed E-state index contributed by atoms with van der Waals surface area (Å²) in [5, 5.41) is 0. The van der Waals surface area contributed by atoms with Crippen molar-refractivity contribution in [2.75, 3.05) is 11.9 Å². The highest BCUT2D eigenvalue weighted by Gasteiger charge is 2.09. The van der Waals surface area contributed by atoms with Crippen LogP contribution in [-0.2, 0) is 0 Å². The molecule has 1 aromatic heterocycles. The summed E-state index contributed by atoms with van der Waals surface area (Å²) in [5.41, 5.74) is 8.60. The molecule has 0 saturated heterocycles. The van der Waals surface area contributed by atoms with E-state index in [4.69, 9.17) is 18.0 Å². The number of thiocarbonyl (C=S) groups is 1. The van der Waals surface area contributed by atoms with E-state index in [-0.39, 0.29) is 0 Å². The normalized spacial score (nSPS) is 10.3. The summed E-state index contributed by atoms with van der Waals surface area (Å²) in [6.45, 7) is 2.01. The third-order valence-electron chi connectivity index (χ3n) is 2.82. The van der Waals surface area contributed by atoms with Crippen molar-refractivity contribution in [3.8, 4) is 0 Å². The average Bonchev–Trinajstić information content (AvgIpc) is 2.38. The van der Waals surface area contributed by atoms with Crippen LogP contribution in [0.25, 0.3) is 0 Å². The zero-order valence-corrected chi connectivity index (χ0v) is 13.1. The van der Waals surface area contributed by atoms with E-state index in [0.29, 0.717) is 4.99 Å². The van der Waals surface area contributed by atoms with Crippen LogP contribution >= 0.6 is 28.1 Å². The second-order valence-corrected chi connectivity index (χ2v) is 5.58. The number of anilines is 2. The van der Waals surface area contributed by atoms with Gasteiger partial charge in [-0.15, -0.1) is 0 Å². The van der Waals surface area contributed by atoms with E-state index in [1.165, 1.54) is 0 Å². The first-order chi connectivity index (χ1) is 8.99. The van der Waals surface area contributed by atoms with Gasteiger partial charge in [-0.05, 0) is 58.7 Å². The predicted molar refractivity (Wildman–Crippen MR) is 87.1 cm³/mol. The molecule has 0 atom stereocenters. The smallest absolute Gasteiger partial charge is 0.147 e. The van der Waals surface area contributed by atoms with Crippen molar-refractivity contribution in [3.63, 3.8) is 0 Å². The van der Waals surface area contributed by atoms with E-state index in [1.54, 1.807) is 0 Å². The number of hydrogen-bond acceptors (Lipinski definition) is 3. The second-order valence-electron chi connectivity index (χ2n) is 4.29. The molecule has 1 aromatic carbocycles. The number of aromatic nitrogens is 1. The van der Waals surface area contributed by atoms with Crippen molar-refractivity contribution >= 4 is 44.6 Å². The summed E-state index contributed by atoms with van der Waals surface area (Å²) in [6.07, 6.45) is 1.85. The maximum Gasteiger partial charge on any atom is 0.147 e. The Kier molecular flexibility index (Phi) is 4.17. The summed E-state index contributed by atoms with van der Waals surface area (Å²) in [7, 11) is 1.97. The number of pyridine rings is 1. The van der Waals surface area contributed by atoms with Gasteiger partial charge in [-0.3, -0.25) is 0 Å². The van der Waals surface area contributed by atoms with Crippen LogP contribution < -0.4 is 10.6 Å². The maximum atomic E-state index is 5.59. The fourth-order valence-electron chi connectivity index (χ4n) is 1.74. The van der Waals surface area contributed by atoms with Gasteiger partial charge in [-0.1, -0.05) is 12.2 Å². The van der Waals surface area contributed by atoms with Gasteiger partial charge in [0.15, 0.2) is 0 Å². The molecule has 98 valence electrons. The molecule has 0 amide bonds.